The third-order valence-corrected chi connectivity index (χ3v) is 5.97. The van der Waals surface area contributed by atoms with Gasteiger partial charge < -0.3 is 14.5 Å². The van der Waals surface area contributed by atoms with E-state index in [2.05, 4.69) is 5.38 Å². The minimum Gasteiger partial charge on any atom is -0.376 e. The second-order valence-corrected chi connectivity index (χ2v) is 7.93. The van der Waals surface area contributed by atoms with E-state index in [1.165, 1.54) is 0 Å². The number of nitrogens with zero attached hydrogens (tertiary/aromatic N) is 2. The van der Waals surface area contributed by atoms with Crippen molar-refractivity contribution in [3.8, 4) is 0 Å². The molecule has 1 saturated heterocycles. The number of carbonyl (C=O) groups is 2. The minimum absolute atomic E-state index is 0.0228. The standard InChI is InChI=1S/C21H24N2O3S/c24-20-8-7-17-4-1-2-6-19(17)23(20)14-21(25)22(12-16-9-11-27-15-16)13-18-5-3-10-26-18/h1-2,4,6,9,11,15,18H,3,5,7-8,10,12-14H2. The molecular weight excluding hydrogens is 360 g/mol. The van der Waals surface area contributed by atoms with Crippen LogP contribution < -0.4 is 4.90 Å². The van der Waals surface area contributed by atoms with Gasteiger partial charge in [-0.15, -0.1) is 0 Å². The molecule has 0 saturated carbocycles. The molecule has 1 atom stereocenters. The minimum atomic E-state index is -0.0262. The van der Waals surface area contributed by atoms with E-state index in [-0.39, 0.29) is 24.5 Å². The Bertz CT molecular complexity index is 800. The topological polar surface area (TPSA) is 49.9 Å². The molecule has 0 spiro atoms. The van der Waals surface area contributed by atoms with Gasteiger partial charge in [0.15, 0.2) is 0 Å². The molecule has 0 radical (unpaired) electrons. The van der Waals surface area contributed by atoms with Crippen molar-refractivity contribution in [1.29, 1.82) is 0 Å². The Labute approximate surface area is 163 Å². The quantitative estimate of drug-likeness (QED) is 0.768. The number of benzene rings is 1. The summed E-state index contributed by atoms with van der Waals surface area (Å²) in [6, 6.07) is 9.92. The summed E-state index contributed by atoms with van der Waals surface area (Å²) in [5.41, 5.74) is 3.12. The van der Waals surface area contributed by atoms with E-state index in [1.807, 2.05) is 40.6 Å². The Morgan fingerprint density at radius 1 is 1.26 bits per heavy atom. The van der Waals surface area contributed by atoms with Crippen molar-refractivity contribution < 1.29 is 14.3 Å². The zero-order valence-electron chi connectivity index (χ0n) is 15.3. The van der Waals surface area contributed by atoms with Gasteiger partial charge in [0, 0.05) is 31.8 Å². The zero-order valence-corrected chi connectivity index (χ0v) is 16.1. The van der Waals surface area contributed by atoms with Crippen LogP contribution in [0.5, 0.6) is 0 Å². The first-order valence-electron chi connectivity index (χ1n) is 9.49. The molecule has 5 nitrogen and oxygen atoms in total. The van der Waals surface area contributed by atoms with Gasteiger partial charge in [-0.05, 0) is 53.3 Å². The third kappa shape index (κ3) is 4.22. The van der Waals surface area contributed by atoms with Crippen LogP contribution in [0.3, 0.4) is 0 Å². The van der Waals surface area contributed by atoms with Crippen LogP contribution in [-0.4, -0.2) is 42.5 Å². The fourth-order valence-corrected chi connectivity index (χ4v) is 4.46. The van der Waals surface area contributed by atoms with Crippen molar-refractivity contribution in [1.82, 2.24) is 4.90 Å². The predicted octanol–water partition coefficient (Wildman–Crippen LogP) is 3.24. The molecule has 27 heavy (non-hydrogen) atoms. The lowest BCUT2D eigenvalue weighted by Crippen LogP contribution is -2.46. The molecule has 142 valence electrons. The molecule has 4 rings (SSSR count). The second-order valence-electron chi connectivity index (χ2n) is 7.15. The lowest BCUT2D eigenvalue weighted by molar-refractivity contribution is -0.133. The highest BCUT2D eigenvalue weighted by molar-refractivity contribution is 7.07. The van der Waals surface area contributed by atoms with Gasteiger partial charge in [-0.2, -0.15) is 11.3 Å². The number of hydrogen-bond donors (Lipinski definition) is 0. The molecule has 1 fully saturated rings. The van der Waals surface area contributed by atoms with Gasteiger partial charge in [0.1, 0.15) is 6.54 Å². The second kappa shape index (κ2) is 8.23. The predicted molar refractivity (Wildman–Crippen MR) is 106 cm³/mol. The largest absolute Gasteiger partial charge is 0.376 e. The molecule has 0 N–H and O–H groups in total. The van der Waals surface area contributed by atoms with E-state index in [4.69, 9.17) is 4.74 Å². The van der Waals surface area contributed by atoms with Crippen LogP contribution in [-0.2, 0) is 27.3 Å². The number of fused-ring (bicyclic) bond motifs is 1. The van der Waals surface area contributed by atoms with Crippen molar-refractivity contribution in [2.45, 2.75) is 38.3 Å². The summed E-state index contributed by atoms with van der Waals surface area (Å²) in [6.07, 6.45) is 3.33. The molecule has 6 heteroatoms. The number of rotatable bonds is 6. The Morgan fingerprint density at radius 3 is 2.93 bits per heavy atom. The first-order chi connectivity index (χ1) is 13.2. The van der Waals surface area contributed by atoms with Crippen LogP contribution in [0.4, 0.5) is 5.69 Å². The normalized spacial score (nSPS) is 19.2. The van der Waals surface area contributed by atoms with E-state index in [0.29, 0.717) is 19.5 Å². The maximum absolute atomic E-state index is 13.2. The maximum Gasteiger partial charge on any atom is 0.243 e. The Morgan fingerprint density at radius 2 is 2.15 bits per heavy atom. The zero-order chi connectivity index (χ0) is 18.6. The summed E-state index contributed by atoms with van der Waals surface area (Å²) in [6.45, 7) is 2.00. The van der Waals surface area contributed by atoms with Gasteiger partial charge in [-0.25, -0.2) is 0 Å². The van der Waals surface area contributed by atoms with Crippen LogP contribution in [0.15, 0.2) is 41.1 Å². The van der Waals surface area contributed by atoms with Crippen LogP contribution >= 0.6 is 11.3 Å². The highest BCUT2D eigenvalue weighted by atomic mass is 32.1. The van der Waals surface area contributed by atoms with Gasteiger partial charge >= 0.3 is 0 Å². The van der Waals surface area contributed by atoms with Gasteiger partial charge in [-0.3, -0.25) is 9.59 Å². The maximum atomic E-state index is 13.2. The van der Waals surface area contributed by atoms with E-state index < -0.39 is 0 Å². The Balaban J connectivity index is 1.51. The third-order valence-electron chi connectivity index (χ3n) is 5.24. The van der Waals surface area contributed by atoms with Crippen LogP contribution in [0, 0.1) is 0 Å². The van der Waals surface area contributed by atoms with Crippen molar-refractivity contribution in [3.05, 3.63) is 52.2 Å². The number of amides is 2. The summed E-state index contributed by atoms with van der Waals surface area (Å²) in [4.78, 5) is 29.2. The molecule has 2 aliphatic heterocycles. The fraction of sp³-hybridized carbons (Fsp3) is 0.429. The highest BCUT2D eigenvalue weighted by Gasteiger charge is 2.29. The molecule has 3 heterocycles. The molecule has 2 amide bonds. The lowest BCUT2D eigenvalue weighted by Gasteiger charge is -2.32. The number of thiophene rings is 1. The van der Waals surface area contributed by atoms with E-state index in [9.17, 15) is 9.59 Å². The van der Waals surface area contributed by atoms with Crippen molar-refractivity contribution in [2.24, 2.45) is 0 Å². The van der Waals surface area contributed by atoms with E-state index >= 15 is 0 Å². The summed E-state index contributed by atoms with van der Waals surface area (Å²) < 4.78 is 5.75. The number of hydrogen-bond acceptors (Lipinski definition) is 4. The van der Waals surface area contributed by atoms with Crippen LogP contribution in [0.1, 0.15) is 30.4 Å². The molecule has 1 aromatic heterocycles. The summed E-state index contributed by atoms with van der Waals surface area (Å²) in [5.74, 6) is -0.00333. The fourth-order valence-electron chi connectivity index (χ4n) is 3.80. The van der Waals surface area contributed by atoms with Gasteiger partial charge in [0.05, 0.1) is 6.10 Å². The SMILES string of the molecule is O=C(CN1C(=O)CCc2ccccc21)N(Cc1ccsc1)CC1CCCO1. The van der Waals surface area contributed by atoms with Gasteiger partial charge in [0.25, 0.3) is 0 Å². The Kier molecular flexibility index (Phi) is 5.55. The highest BCUT2D eigenvalue weighted by Crippen LogP contribution is 2.27. The van der Waals surface area contributed by atoms with E-state index in [0.717, 1.165) is 42.7 Å². The lowest BCUT2D eigenvalue weighted by atomic mass is 10.0. The molecule has 0 aliphatic carbocycles. The van der Waals surface area contributed by atoms with Gasteiger partial charge in [0.2, 0.25) is 11.8 Å². The number of para-hydroxylation sites is 1. The molecule has 1 unspecified atom stereocenters. The summed E-state index contributed by atoms with van der Waals surface area (Å²) >= 11 is 1.63. The van der Waals surface area contributed by atoms with Crippen LogP contribution in [0.2, 0.25) is 0 Å². The molecule has 1 aromatic carbocycles. The molecule has 2 aromatic rings. The average molecular weight is 385 g/mol. The monoisotopic (exact) mass is 384 g/mol. The number of carbonyl (C=O) groups excluding carboxylic acids is 2. The first-order valence-corrected chi connectivity index (χ1v) is 10.4. The molecule has 0 bridgehead atoms. The average Bonchev–Trinajstić information content (AvgIpc) is 3.37. The number of anilines is 1. The van der Waals surface area contributed by atoms with Crippen molar-refractivity contribution in [2.75, 3.05) is 24.6 Å². The Hall–Kier alpha value is -2.18. The molecular formula is C21H24N2O3S. The molecule has 2 aliphatic rings. The van der Waals surface area contributed by atoms with Gasteiger partial charge in [-0.1, -0.05) is 18.2 Å². The summed E-state index contributed by atoms with van der Waals surface area (Å²) in [5, 5.41) is 4.09. The number of ether oxygens (including phenoxy) is 1. The van der Waals surface area contributed by atoms with Crippen molar-refractivity contribution >= 4 is 28.8 Å². The number of aryl methyl sites for hydroxylation is 1. The smallest absolute Gasteiger partial charge is 0.243 e. The van der Waals surface area contributed by atoms with E-state index in [1.54, 1.807) is 16.2 Å². The van der Waals surface area contributed by atoms with Crippen LogP contribution in [0.25, 0.3) is 0 Å². The van der Waals surface area contributed by atoms with Crippen molar-refractivity contribution in [3.63, 3.8) is 0 Å². The summed E-state index contributed by atoms with van der Waals surface area (Å²) in [7, 11) is 0. The first kappa shape index (κ1) is 18.2.